The molecule has 1 aliphatic heterocycles. The Morgan fingerprint density at radius 3 is 3.00 bits per heavy atom. The highest BCUT2D eigenvalue weighted by molar-refractivity contribution is 7.09. The van der Waals surface area contributed by atoms with Crippen molar-refractivity contribution >= 4 is 11.5 Å². The Hall–Kier alpha value is -2.45. The highest BCUT2D eigenvalue weighted by Gasteiger charge is 2.28. The summed E-state index contributed by atoms with van der Waals surface area (Å²) in [5.74, 6) is 1.73. The van der Waals surface area contributed by atoms with Gasteiger partial charge in [0.25, 0.3) is 0 Å². The molecule has 7 nitrogen and oxygen atoms in total. The normalized spacial score (nSPS) is 17.9. The van der Waals surface area contributed by atoms with Crippen molar-refractivity contribution in [2.45, 2.75) is 32.2 Å². The fourth-order valence-electron chi connectivity index (χ4n) is 3.62. The fraction of sp³-hybridized carbons (Fsp3) is 0.421. The molecule has 0 saturated carbocycles. The minimum atomic E-state index is 0.176. The number of aryl methyl sites for hydroxylation is 1. The molecule has 1 atom stereocenters. The predicted molar refractivity (Wildman–Crippen MR) is 102 cm³/mol. The maximum absolute atomic E-state index is 10.0. The van der Waals surface area contributed by atoms with E-state index in [0.717, 1.165) is 60.1 Å². The topological polar surface area (TPSA) is 84.5 Å². The van der Waals surface area contributed by atoms with Gasteiger partial charge in [0.15, 0.2) is 17.3 Å². The van der Waals surface area contributed by atoms with Gasteiger partial charge < -0.3 is 14.4 Å². The molecule has 0 bridgehead atoms. The number of likely N-dealkylation sites (tertiary alicyclic amines) is 1. The van der Waals surface area contributed by atoms with Gasteiger partial charge in [-0.25, -0.2) is 0 Å². The Morgan fingerprint density at radius 1 is 1.37 bits per heavy atom. The molecule has 1 aliphatic rings. The quantitative estimate of drug-likeness (QED) is 0.717. The van der Waals surface area contributed by atoms with Crippen LogP contribution < -0.4 is 4.74 Å². The molecule has 0 spiro atoms. The van der Waals surface area contributed by atoms with E-state index in [9.17, 15) is 5.11 Å². The van der Waals surface area contributed by atoms with E-state index < -0.39 is 0 Å². The summed E-state index contributed by atoms with van der Waals surface area (Å²) in [6.07, 6.45) is 2.18. The minimum Gasteiger partial charge on any atom is -0.504 e. The Labute approximate surface area is 161 Å². The molecule has 4 rings (SSSR count). The van der Waals surface area contributed by atoms with Crippen molar-refractivity contribution in [1.29, 1.82) is 0 Å². The number of methoxy groups -OCH3 is 1. The zero-order valence-corrected chi connectivity index (χ0v) is 16.2. The first-order valence-corrected chi connectivity index (χ1v) is 9.75. The number of hydrogen-bond acceptors (Lipinski definition) is 8. The van der Waals surface area contributed by atoms with Crippen LogP contribution in [0.15, 0.2) is 28.8 Å². The monoisotopic (exact) mass is 386 g/mol. The molecule has 0 amide bonds. The third-order valence-corrected chi connectivity index (χ3v) is 5.66. The van der Waals surface area contributed by atoms with Crippen LogP contribution in [0.5, 0.6) is 11.5 Å². The minimum absolute atomic E-state index is 0.176. The Balaban J connectivity index is 1.49. The van der Waals surface area contributed by atoms with Crippen molar-refractivity contribution < 1.29 is 14.4 Å². The highest BCUT2D eigenvalue weighted by Crippen LogP contribution is 2.36. The van der Waals surface area contributed by atoms with Gasteiger partial charge in [-0.05, 0) is 55.5 Å². The van der Waals surface area contributed by atoms with E-state index in [4.69, 9.17) is 9.26 Å². The van der Waals surface area contributed by atoms with E-state index in [-0.39, 0.29) is 5.75 Å². The van der Waals surface area contributed by atoms with Crippen molar-refractivity contribution in [3.63, 3.8) is 0 Å². The summed E-state index contributed by atoms with van der Waals surface area (Å²) in [7, 11) is 1.56. The van der Waals surface area contributed by atoms with Gasteiger partial charge in [0, 0.05) is 25.1 Å². The third kappa shape index (κ3) is 3.81. The van der Waals surface area contributed by atoms with Gasteiger partial charge in [-0.2, -0.15) is 0 Å². The van der Waals surface area contributed by atoms with Crippen LogP contribution in [0.3, 0.4) is 0 Å². The highest BCUT2D eigenvalue weighted by atomic mass is 32.1. The number of rotatable bonds is 5. The maximum atomic E-state index is 10.0. The van der Waals surface area contributed by atoms with Gasteiger partial charge in [-0.3, -0.25) is 4.90 Å². The Morgan fingerprint density at radius 2 is 2.26 bits per heavy atom. The molecule has 1 unspecified atom stereocenters. The zero-order valence-electron chi connectivity index (χ0n) is 15.4. The smallest absolute Gasteiger partial charge is 0.180 e. The summed E-state index contributed by atoms with van der Waals surface area (Å²) in [6.45, 7) is 4.62. The van der Waals surface area contributed by atoms with Crippen molar-refractivity contribution in [3.8, 4) is 22.1 Å². The first-order valence-electron chi connectivity index (χ1n) is 8.98. The van der Waals surface area contributed by atoms with Crippen molar-refractivity contribution in [3.05, 3.63) is 41.2 Å². The van der Waals surface area contributed by atoms with Crippen LogP contribution in [0.2, 0.25) is 0 Å². The standard InChI is InChI=1S/C19H22N4O3S/c1-12-8-17(26-21-12)19-18(20-22-27-19)14-4-3-7-23(11-14)10-13-5-6-16(25-2)15(24)9-13/h5-6,8-9,14,24H,3-4,7,10-11H2,1-2H3. The fourth-order valence-corrected chi connectivity index (χ4v) is 4.32. The summed E-state index contributed by atoms with van der Waals surface area (Å²) >= 11 is 1.36. The van der Waals surface area contributed by atoms with E-state index in [1.54, 1.807) is 19.2 Å². The molecule has 8 heteroatoms. The van der Waals surface area contributed by atoms with Gasteiger partial charge in [-0.15, -0.1) is 5.10 Å². The summed E-state index contributed by atoms with van der Waals surface area (Å²) in [5.41, 5.74) is 2.92. The van der Waals surface area contributed by atoms with Gasteiger partial charge in [-0.1, -0.05) is 15.7 Å². The number of ether oxygens (including phenoxy) is 1. The first-order chi connectivity index (χ1) is 13.1. The number of hydrogen-bond donors (Lipinski definition) is 1. The molecule has 0 radical (unpaired) electrons. The van der Waals surface area contributed by atoms with Crippen LogP contribution in [0.25, 0.3) is 10.6 Å². The molecule has 1 aromatic carbocycles. The number of phenolic OH excluding ortho intramolecular Hbond substituents is 1. The van der Waals surface area contributed by atoms with E-state index in [1.807, 2.05) is 19.1 Å². The lowest BCUT2D eigenvalue weighted by molar-refractivity contribution is 0.198. The van der Waals surface area contributed by atoms with Gasteiger partial charge >= 0.3 is 0 Å². The molecule has 142 valence electrons. The summed E-state index contributed by atoms with van der Waals surface area (Å²) in [6, 6.07) is 7.51. The predicted octanol–water partition coefficient (Wildman–Crippen LogP) is 3.60. The first kappa shape index (κ1) is 17.9. The molecule has 3 heterocycles. The van der Waals surface area contributed by atoms with Crippen molar-refractivity contribution in [1.82, 2.24) is 19.6 Å². The second-order valence-electron chi connectivity index (χ2n) is 6.90. The average molecular weight is 386 g/mol. The second-order valence-corrected chi connectivity index (χ2v) is 7.65. The average Bonchev–Trinajstić information content (AvgIpc) is 3.31. The molecule has 0 aliphatic carbocycles. The Kier molecular flexibility index (Phi) is 5.09. The van der Waals surface area contributed by atoms with E-state index in [1.165, 1.54) is 11.5 Å². The molecule has 3 aromatic rings. The van der Waals surface area contributed by atoms with Crippen LogP contribution >= 0.6 is 11.5 Å². The van der Waals surface area contributed by atoms with E-state index in [2.05, 4.69) is 19.6 Å². The van der Waals surface area contributed by atoms with Gasteiger partial charge in [0.2, 0.25) is 0 Å². The summed E-state index contributed by atoms with van der Waals surface area (Å²) in [5, 5.41) is 18.4. The van der Waals surface area contributed by atoms with Crippen molar-refractivity contribution in [2.75, 3.05) is 20.2 Å². The van der Waals surface area contributed by atoms with Crippen LogP contribution in [0.4, 0.5) is 0 Å². The van der Waals surface area contributed by atoms with Crippen LogP contribution in [0.1, 0.15) is 35.7 Å². The number of benzene rings is 1. The SMILES string of the molecule is COc1ccc(CN2CCCC(c3nnsc3-c3cc(C)no3)C2)cc1O. The molecular weight excluding hydrogens is 364 g/mol. The number of piperidine rings is 1. The van der Waals surface area contributed by atoms with Crippen LogP contribution in [0, 0.1) is 6.92 Å². The lowest BCUT2D eigenvalue weighted by Gasteiger charge is -2.32. The lowest BCUT2D eigenvalue weighted by Crippen LogP contribution is -2.34. The van der Waals surface area contributed by atoms with E-state index >= 15 is 0 Å². The number of aromatic nitrogens is 3. The van der Waals surface area contributed by atoms with Gasteiger partial charge in [0.05, 0.1) is 18.5 Å². The molecular formula is C19H22N4O3S. The number of phenols is 1. The molecule has 1 N–H and O–H groups in total. The number of aromatic hydroxyl groups is 1. The molecule has 1 fully saturated rings. The molecule has 27 heavy (non-hydrogen) atoms. The lowest BCUT2D eigenvalue weighted by atomic mass is 9.93. The van der Waals surface area contributed by atoms with E-state index in [0.29, 0.717) is 11.7 Å². The molecule has 1 saturated heterocycles. The largest absolute Gasteiger partial charge is 0.504 e. The second kappa shape index (κ2) is 7.66. The Bertz CT molecular complexity index is 923. The number of nitrogens with zero attached hydrogens (tertiary/aromatic N) is 4. The maximum Gasteiger partial charge on any atom is 0.180 e. The van der Waals surface area contributed by atoms with Crippen LogP contribution in [-0.2, 0) is 6.54 Å². The molecule has 2 aromatic heterocycles. The van der Waals surface area contributed by atoms with Crippen molar-refractivity contribution in [2.24, 2.45) is 0 Å². The summed E-state index contributed by atoms with van der Waals surface area (Å²) in [4.78, 5) is 3.37. The summed E-state index contributed by atoms with van der Waals surface area (Å²) < 4.78 is 14.7. The van der Waals surface area contributed by atoms with Crippen LogP contribution in [-0.4, -0.2) is 44.9 Å². The third-order valence-electron chi connectivity index (χ3n) is 4.91. The zero-order chi connectivity index (χ0) is 18.8. The van der Waals surface area contributed by atoms with Gasteiger partial charge in [0.1, 0.15) is 4.88 Å².